The summed E-state index contributed by atoms with van der Waals surface area (Å²) >= 11 is 0. The van der Waals surface area contributed by atoms with Crippen LogP contribution in [-0.4, -0.2) is 75.2 Å². The van der Waals surface area contributed by atoms with Crippen molar-refractivity contribution in [1.29, 1.82) is 0 Å². The Kier molecular flexibility index (Phi) is 6.68. The van der Waals surface area contributed by atoms with Crippen molar-refractivity contribution in [2.75, 3.05) is 39.3 Å². The molecule has 1 aromatic heterocycles. The Morgan fingerprint density at radius 2 is 1.77 bits per heavy atom. The van der Waals surface area contributed by atoms with Crippen LogP contribution in [0.1, 0.15) is 5.56 Å². The van der Waals surface area contributed by atoms with Crippen LogP contribution >= 0.6 is 0 Å². The lowest BCUT2D eigenvalue weighted by molar-refractivity contribution is -0.135. The maximum absolute atomic E-state index is 12.5. The third-order valence-corrected chi connectivity index (χ3v) is 5.18. The van der Waals surface area contributed by atoms with Gasteiger partial charge in [-0.05, 0) is 35.0 Å². The van der Waals surface area contributed by atoms with E-state index in [4.69, 9.17) is 4.74 Å². The SMILES string of the molecule is Cn1nnc(-c2ccc(OCC(=O)N3CCN(C/C=C/c4ccccc4)CC3)cc2)n1. The molecule has 0 atom stereocenters. The van der Waals surface area contributed by atoms with Crippen LogP contribution < -0.4 is 4.74 Å². The van der Waals surface area contributed by atoms with Crippen molar-refractivity contribution in [3.8, 4) is 17.1 Å². The van der Waals surface area contributed by atoms with Crippen molar-refractivity contribution in [2.45, 2.75) is 0 Å². The summed E-state index contributed by atoms with van der Waals surface area (Å²) in [5.74, 6) is 1.21. The largest absolute Gasteiger partial charge is 0.484 e. The van der Waals surface area contributed by atoms with Crippen LogP contribution in [0.2, 0.25) is 0 Å². The fourth-order valence-corrected chi connectivity index (χ4v) is 3.42. The molecule has 4 rings (SSSR count). The van der Waals surface area contributed by atoms with Gasteiger partial charge in [0, 0.05) is 38.3 Å². The highest BCUT2D eigenvalue weighted by molar-refractivity contribution is 5.78. The summed E-state index contributed by atoms with van der Waals surface area (Å²) in [5.41, 5.74) is 2.05. The third-order valence-electron chi connectivity index (χ3n) is 5.18. The van der Waals surface area contributed by atoms with Crippen molar-refractivity contribution in [1.82, 2.24) is 30.0 Å². The molecule has 0 spiro atoms. The normalized spacial score (nSPS) is 14.8. The molecule has 1 amide bonds. The van der Waals surface area contributed by atoms with Crippen molar-refractivity contribution >= 4 is 12.0 Å². The number of piperazine rings is 1. The van der Waals surface area contributed by atoms with Crippen molar-refractivity contribution in [2.24, 2.45) is 7.05 Å². The number of hydrogen-bond donors (Lipinski definition) is 0. The molecule has 1 aliphatic heterocycles. The van der Waals surface area contributed by atoms with E-state index in [1.165, 1.54) is 10.4 Å². The van der Waals surface area contributed by atoms with Crippen LogP contribution in [-0.2, 0) is 11.8 Å². The Morgan fingerprint density at radius 1 is 1.03 bits per heavy atom. The molecular formula is C23H26N6O2. The Labute approximate surface area is 181 Å². The van der Waals surface area contributed by atoms with E-state index in [9.17, 15) is 4.79 Å². The van der Waals surface area contributed by atoms with Gasteiger partial charge in [-0.1, -0.05) is 42.5 Å². The summed E-state index contributed by atoms with van der Waals surface area (Å²) in [4.78, 5) is 18.1. The maximum atomic E-state index is 12.5. The highest BCUT2D eigenvalue weighted by Crippen LogP contribution is 2.18. The monoisotopic (exact) mass is 418 g/mol. The van der Waals surface area contributed by atoms with Gasteiger partial charge < -0.3 is 9.64 Å². The van der Waals surface area contributed by atoms with Crippen molar-refractivity contribution < 1.29 is 9.53 Å². The minimum atomic E-state index is 0.0131. The second-order valence-electron chi connectivity index (χ2n) is 7.41. The van der Waals surface area contributed by atoms with Crippen LogP contribution in [0, 0.1) is 0 Å². The van der Waals surface area contributed by atoms with Crippen molar-refractivity contribution in [3.05, 3.63) is 66.2 Å². The Morgan fingerprint density at radius 3 is 2.45 bits per heavy atom. The molecule has 0 radical (unpaired) electrons. The van der Waals surface area contributed by atoms with Crippen LogP contribution in [0.4, 0.5) is 0 Å². The van der Waals surface area contributed by atoms with Gasteiger partial charge >= 0.3 is 0 Å². The van der Waals surface area contributed by atoms with Crippen LogP contribution in [0.3, 0.4) is 0 Å². The zero-order valence-electron chi connectivity index (χ0n) is 17.6. The number of aromatic nitrogens is 4. The molecule has 8 nitrogen and oxygen atoms in total. The zero-order chi connectivity index (χ0) is 21.5. The van der Waals surface area contributed by atoms with E-state index >= 15 is 0 Å². The van der Waals surface area contributed by atoms with E-state index in [2.05, 4.69) is 44.6 Å². The van der Waals surface area contributed by atoms with Gasteiger partial charge in [-0.2, -0.15) is 4.80 Å². The average Bonchev–Trinajstić information content (AvgIpc) is 3.25. The number of benzene rings is 2. The second kappa shape index (κ2) is 9.99. The van der Waals surface area contributed by atoms with E-state index in [-0.39, 0.29) is 12.5 Å². The van der Waals surface area contributed by atoms with Gasteiger partial charge in [-0.15, -0.1) is 10.2 Å². The van der Waals surface area contributed by atoms with E-state index < -0.39 is 0 Å². The summed E-state index contributed by atoms with van der Waals surface area (Å²) in [6.45, 7) is 4.10. The van der Waals surface area contributed by atoms with Gasteiger partial charge in [0.2, 0.25) is 5.82 Å². The molecule has 31 heavy (non-hydrogen) atoms. The summed E-state index contributed by atoms with van der Waals surface area (Å²) in [5, 5.41) is 12.0. The van der Waals surface area contributed by atoms with Crippen LogP contribution in [0.15, 0.2) is 60.7 Å². The lowest BCUT2D eigenvalue weighted by Crippen LogP contribution is -2.49. The molecule has 0 aliphatic carbocycles. The number of carbonyl (C=O) groups excluding carboxylic acids is 1. The van der Waals surface area contributed by atoms with E-state index in [1.807, 2.05) is 47.4 Å². The molecule has 0 unspecified atom stereocenters. The van der Waals surface area contributed by atoms with E-state index in [1.54, 1.807) is 7.05 Å². The smallest absolute Gasteiger partial charge is 0.260 e. The summed E-state index contributed by atoms with van der Waals surface area (Å²) in [6, 6.07) is 17.6. The van der Waals surface area contributed by atoms with Gasteiger partial charge in [0.25, 0.3) is 5.91 Å². The first-order valence-electron chi connectivity index (χ1n) is 10.4. The van der Waals surface area contributed by atoms with Gasteiger partial charge in [0.15, 0.2) is 6.61 Å². The molecule has 1 aliphatic rings. The molecule has 8 heteroatoms. The molecule has 0 bridgehead atoms. The van der Waals surface area contributed by atoms with Gasteiger partial charge in [0.1, 0.15) is 5.75 Å². The molecule has 0 saturated carbocycles. The molecule has 0 N–H and O–H groups in total. The topological polar surface area (TPSA) is 76.4 Å². The van der Waals surface area contributed by atoms with E-state index in [0.717, 1.165) is 38.3 Å². The zero-order valence-corrected chi connectivity index (χ0v) is 17.6. The first-order chi connectivity index (χ1) is 15.2. The fourth-order valence-electron chi connectivity index (χ4n) is 3.42. The molecule has 2 aromatic carbocycles. The maximum Gasteiger partial charge on any atom is 0.260 e. The molecular weight excluding hydrogens is 392 g/mol. The number of tetrazole rings is 1. The molecule has 2 heterocycles. The standard InChI is InChI=1S/C23H26N6O2/c1-27-25-23(24-26-27)20-9-11-21(12-10-20)31-18-22(30)29-16-14-28(15-17-29)13-5-8-19-6-3-2-4-7-19/h2-12H,13-18H2,1H3/b8-5+. The third kappa shape index (κ3) is 5.76. The number of ether oxygens (including phenoxy) is 1. The molecule has 1 fully saturated rings. The van der Waals surface area contributed by atoms with Crippen molar-refractivity contribution in [3.63, 3.8) is 0 Å². The Bertz CT molecular complexity index is 1010. The first kappa shape index (κ1) is 20.7. The minimum absolute atomic E-state index is 0.0131. The first-order valence-corrected chi connectivity index (χ1v) is 10.4. The molecule has 1 saturated heterocycles. The number of nitrogens with zero attached hydrogens (tertiary/aromatic N) is 6. The lowest BCUT2D eigenvalue weighted by atomic mass is 10.2. The minimum Gasteiger partial charge on any atom is -0.484 e. The highest BCUT2D eigenvalue weighted by Gasteiger charge is 2.20. The average molecular weight is 419 g/mol. The summed E-state index contributed by atoms with van der Waals surface area (Å²) < 4.78 is 5.68. The number of amides is 1. The Hall–Kier alpha value is -3.52. The number of aryl methyl sites for hydroxylation is 1. The highest BCUT2D eigenvalue weighted by atomic mass is 16.5. The van der Waals surface area contributed by atoms with Gasteiger partial charge in [-0.3, -0.25) is 9.69 Å². The second-order valence-corrected chi connectivity index (χ2v) is 7.41. The molecule has 3 aromatic rings. The van der Waals surface area contributed by atoms with Crippen LogP contribution in [0.25, 0.3) is 17.5 Å². The van der Waals surface area contributed by atoms with E-state index in [0.29, 0.717) is 11.6 Å². The van der Waals surface area contributed by atoms with Crippen LogP contribution in [0.5, 0.6) is 5.75 Å². The number of rotatable bonds is 7. The Balaban J connectivity index is 1.19. The van der Waals surface area contributed by atoms with Gasteiger partial charge in [-0.25, -0.2) is 0 Å². The molecule has 160 valence electrons. The number of carbonyl (C=O) groups is 1. The summed E-state index contributed by atoms with van der Waals surface area (Å²) in [6.07, 6.45) is 4.31. The lowest BCUT2D eigenvalue weighted by Gasteiger charge is -2.34. The fraction of sp³-hybridized carbons (Fsp3) is 0.304. The quantitative estimate of drug-likeness (QED) is 0.585. The predicted octanol–water partition coefficient (Wildman–Crippen LogP) is 2.11. The van der Waals surface area contributed by atoms with Gasteiger partial charge in [0.05, 0.1) is 7.05 Å². The predicted molar refractivity (Wildman–Crippen MR) is 118 cm³/mol. The number of hydrogen-bond acceptors (Lipinski definition) is 6. The summed E-state index contributed by atoms with van der Waals surface area (Å²) in [7, 11) is 1.72.